The van der Waals surface area contributed by atoms with E-state index >= 15 is 0 Å². The molecule has 0 atom stereocenters. The van der Waals surface area contributed by atoms with Crippen molar-refractivity contribution in [2.45, 2.75) is 66.7 Å². The largest absolute Gasteiger partial charge is 0.491 e. The zero-order valence-electron chi connectivity index (χ0n) is 34.7. The Balaban J connectivity index is 1.22. The molecule has 1 aromatic carbocycles. The number of carbonyl (C=O) groups is 4. The standard InChI is InChI=1S/C41H50N14O6/c1-5-54-31(19-25(3)49-54)38(58)47-40-45-29-21-27(35(42)56)23-33(61-17-10-12-51-11-9-16-60-18-15-51)34(29)52(40)13-7-8-14-53-37-30(22-28(24-44-37)36(43)57)46-41(53)48-39(59)32-20-26(4)50-55(32)6-2/h7-8,19-24H,5-6,9-18H2,1-4H3,(H2,42,56)(H2,43,57)(H,45,47,58)(H,46,48,59)/b8-7+. The molecule has 1 fully saturated rings. The number of carbonyl (C=O) groups excluding carboxylic acids is 4. The molecule has 0 radical (unpaired) electrons. The predicted octanol–water partition coefficient (Wildman–Crippen LogP) is 3.28. The molecule has 5 aromatic heterocycles. The van der Waals surface area contributed by atoms with E-state index in [9.17, 15) is 19.2 Å². The lowest BCUT2D eigenvalue weighted by Crippen LogP contribution is -2.28. The molecule has 0 spiro atoms. The van der Waals surface area contributed by atoms with Crippen LogP contribution in [0.25, 0.3) is 22.2 Å². The number of benzene rings is 1. The fourth-order valence-electron chi connectivity index (χ4n) is 7.29. The van der Waals surface area contributed by atoms with E-state index in [1.807, 2.05) is 32.9 Å². The lowest BCUT2D eigenvalue weighted by atomic mass is 10.1. The predicted molar refractivity (Wildman–Crippen MR) is 227 cm³/mol. The summed E-state index contributed by atoms with van der Waals surface area (Å²) in [6.45, 7) is 13.1. The van der Waals surface area contributed by atoms with Crippen LogP contribution in [0.15, 0.2) is 48.7 Å². The van der Waals surface area contributed by atoms with Crippen LogP contribution < -0.4 is 26.8 Å². The Morgan fingerprint density at radius 3 is 2.03 bits per heavy atom. The fourth-order valence-corrected chi connectivity index (χ4v) is 7.29. The average molecular weight is 835 g/mol. The maximum Gasteiger partial charge on any atom is 0.276 e. The van der Waals surface area contributed by atoms with Gasteiger partial charge in [-0.15, -0.1) is 0 Å². The number of rotatable bonds is 17. The van der Waals surface area contributed by atoms with Crippen LogP contribution in [0, 0.1) is 13.8 Å². The molecule has 20 nitrogen and oxygen atoms in total. The Hall–Kier alpha value is -6.93. The van der Waals surface area contributed by atoms with Crippen LogP contribution in [-0.4, -0.2) is 112 Å². The number of imidazole rings is 2. The normalized spacial score (nSPS) is 13.6. The number of aromatic nitrogens is 9. The van der Waals surface area contributed by atoms with Gasteiger partial charge in [0.05, 0.1) is 35.7 Å². The minimum Gasteiger partial charge on any atom is -0.491 e. The summed E-state index contributed by atoms with van der Waals surface area (Å²) in [5, 5.41) is 14.7. The number of amides is 4. The number of nitrogens with two attached hydrogens (primary N) is 2. The van der Waals surface area contributed by atoms with Crippen molar-refractivity contribution < 1.29 is 28.7 Å². The van der Waals surface area contributed by atoms with Gasteiger partial charge >= 0.3 is 0 Å². The first-order valence-electron chi connectivity index (χ1n) is 20.2. The van der Waals surface area contributed by atoms with Crippen LogP contribution >= 0.6 is 0 Å². The van der Waals surface area contributed by atoms with E-state index in [1.54, 1.807) is 49.7 Å². The fraction of sp³-hybridized carbons (Fsp3) is 0.390. The molecule has 0 saturated carbocycles. The summed E-state index contributed by atoms with van der Waals surface area (Å²) in [5.41, 5.74) is 15.4. The molecular formula is C41H50N14O6. The van der Waals surface area contributed by atoms with Crippen LogP contribution in [-0.2, 0) is 30.9 Å². The minimum atomic E-state index is -0.666. The van der Waals surface area contributed by atoms with Gasteiger partial charge < -0.3 is 30.4 Å². The minimum absolute atomic E-state index is 0.165. The second kappa shape index (κ2) is 18.6. The third-order valence-corrected chi connectivity index (χ3v) is 10.2. The molecule has 1 aliphatic rings. The van der Waals surface area contributed by atoms with Gasteiger partial charge in [0.25, 0.3) is 11.8 Å². The number of anilines is 2. The van der Waals surface area contributed by atoms with Crippen molar-refractivity contribution in [1.29, 1.82) is 0 Å². The maximum absolute atomic E-state index is 13.8. The van der Waals surface area contributed by atoms with Crippen LogP contribution in [0.3, 0.4) is 0 Å². The first kappa shape index (κ1) is 42.2. The molecule has 7 rings (SSSR count). The Morgan fingerprint density at radius 1 is 0.787 bits per heavy atom. The van der Waals surface area contributed by atoms with E-state index in [1.165, 1.54) is 12.3 Å². The molecule has 0 aliphatic carbocycles. The van der Waals surface area contributed by atoms with E-state index in [-0.39, 0.29) is 36.1 Å². The van der Waals surface area contributed by atoms with Crippen molar-refractivity contribution in [2.24, 2.45) is 11.5 Å². The molecule has 1 aliphatic heterocycles. The number of hydrogen-bond acceptors (Lipinski definition) is 12. The molecule has 6 N–H and O–H groups in total. The van der Waals surface area contributed by atoms with Crippen LogP contribution in [0.5, 0.6) is 5.75 Å². The zero-order chi connectivity index (χ0) is 43.2. The van der Waals surface area contributed by atoms with Crippen molar-refractivity contribution in [3.63, 3.8) is 0 Å². The Kier molecular flexibility index (Phi) is 12.8. The first-order valence-corrected chi connectivity index (χ1v) is 20.2. The number of allylic oxidation sites excluding steroid dienone is 2. The summed E-state index contributed by atoms with van der Waals surface area (Å²) in [6, 6.07) is 8.07. The van der Waals surface area contributed by atoms with E-state index in [0.29, 0.717) is 83.4 Å². The summed E-state index contributed by atoms with van der Waals surface area (Å²) < 4.78 is 18.7. The second-order valence-corrected chi connectivity index (χ2v) is 14.6. The average Bonchev–Trinajstić information content (AvgIpc) is 3.95. The molecule has 1 saturated heterocycles. The second-order valence-electron chi connectivity index (χ2n) is 14.6. The highest BCUT2D eigenvalue weighted by Gasteiger charge is 2.23. The molecular weight excluding hydrogens is 785 g/mol. The van der Waals surface area contributed by atoms with Crippen LogP contribution in [0.1, 0.15) is 79.8 Å². The number of nitrogens with zero attached hydrogens (tertiary/aromatic N) is 10. The van der Waals surface area contributed by atoms with Gasteiger partial charge in [-0.05, 0) is 70.9 Å². The van der Waals surface area contributed by atoms with Crippen molar-refractivity contribution in [2.75, 3.05) is 50.1 Å². The number of ether oxygens (including phenoxy) is 2. The smallest absolute Gasteiger partial charge is 0.276 e. The number of nitrogens with one attached hydrogen (secondary N) is 2. The van der Waals surface area contributed by atoms with Crippen molar-refractivity contribution in [1.82, 2.24) is 48.5 Å². The van der Waals surface area contributed by atoms with Crippen molar-refractivity contribution in [3.8, 4) is 5.75 Å². The molecule has 61 heavy (non-hydrogen) atoms. The summed E-state index contributed by atoms with van der Waals surface area (Å²) >= 11 is 0. The number of fused-ring (bicyclic) bond motifs is 2. The van der Waals surface area contributed by atoms with E-state index < -0.39 is 23.6 Å². The first-order chi connectivity index (χ1) is 29.4. The van der Waals surface area contributed by atoms with Crippen molar-refractivity contribution >= 4 is 57.7 Å². The topological polar surface area (TPSA) is 250 Å². The summed E-state index contributed by atoms with van der Waals surface area (Å²) in [6.07, 6.45) is 6.74. The quantitative estimate of drug-likeness (QED) is 0.0764. The monoisotopic (exact) mass is 834 g/mol. The summed E-state index contributed by atoms with van der Waals surface area (Å²) in [5.74, 6) is -1.40. The van der Waals surface area contributed by atoms with Gasteiger partial charge in [-0.25, -0.2) is 15.0 Å². The Labute approximate surface area is 350 Å². The summed E-state index contributed by atoms with van der Waals surface area (Å²) in [4.78, 5) is 68.1. The van der Waals surface area contributed by atoms with Gasteiger partial charge in [-0.3, -0.25) is 43.7 Å². The van der Waals surface area contributed by atoms with Crippen molar-refractivity contribution in [3.05, 3.63) is 82.6 Å². The van der Waals surface area contributed by atoms with Gasteiger partial charge in [-0.1, -0.05) is 12.2 Å². The summed E-state index contributed by atoms with van der Waals surface area (Å²) in [7, 11) is 0. The van der Waals surface area contributed by atoms with E-state index in [4.69, 9.17) is 25.9 Å². The Bertz CT molecular complexity index is 2630. The third kappa shape index (κ3) is 9.44. The molecule has 4 amide bonds. The van der Waals surface area contributed by atoms with Gasteiger partial charge in [-0.2, -0.15) is 10.2 Å². The van der Waals surface area contributed by atoms with E-state index in [2.05, 4.69) is 35.7 Å². The van der Waals surface area contributed by atoms with Crippen LogP contribution in [0.2, 0.25) is 0 Å². The number of hydrogen-bond donors (Lipinski definition) is 4. The highest BCUT2D eigenvalue weighted by atomic mass is 16.5. The number of aryl methyl sites for hydroxylation is 4. The molecule has 320 valence electrons. The number of pyridine rings is 1. The van der Waals surface area contributed by atoms with Gasteiger partial charge in [0.1, 0.15) is 28.2 Å². The molecule has 0 bridgehead atoms. The molecule has 6 heterocycles. The highest BCUT2D eigenvalue weighted by molar-refractivity contribution is 6.05. The Morgan fingerprint density at radius 2 is 1.39 bits per heavy atom. The SMILES string of the molecule is CCn1nc(C)cc1C(=O)Nc1nc2cc(C(N)=O)cnc2n1C/C=C/Cn1c(NC(=O)c2cc(C)nn2CC)nc2cc(C(N)=O)cc(OCCCN3CCCOCC3)c21. The van der Waals surface area contributed by atoms with Gasteiger partial charge in [0, 0.05) is 64.2 Å². The highest BCUT2D eigenvalue weighted by Crippen LogP contribution is 2.32. The number of primary amides is 2. The lowest BCUT2D eigenvalue weighted by molar-refractivity contribution is 0.0991. The van der Waals surface area contributed by atoms with Gasteiger partial charge in [0.15, 0.2) is 5.65 Å². The van der Waals surface area contributed by atoms with E-state index in [0.717, 1.165) is 32.7 Å². The zero-order valence-corrected chi connectivity index (χ0v) is 34.7. The lowest BCUT2D eigenvalue weighted by Gasteiger charge is -2.19. The maximum atomic E-state index is 13.8. The van der Waals surface area contributed by atoms with Crippen LogP contribution in [0.4, 0.5) is 11.9 Å². The van der Waals surface area contributed by atoms with Gasteiger partial charge in [0.2, 0.25) is 23.7 Å². The molecule has 20 heteroatoms. The molecule has 0 unspecified atom stereocenters. The third-order valence-electron chi connectivity index (χ3n) is 10.2. The molecule has 6 aromatic rings.